The predicted molar refractivity (Wildman–Crippen MR) is 226 cm³/mol. The first kappa shape index (κ1) is 33.6. The molecule has 0 radical (unpaired) electrons. The van der Waals surface area contributed by atoms with Gasteiger partial charge in [0.1, 0.15) is 0 Å². The van der Waals surface area contributed by atoms with Crippen molar-refractivity contribution < 1.29 is 0 Å². The Balaban J connectivity index is 0.941. The summed E-state index contributed by atoms with van der Waals surface area (Å²) in [6.45, 7) is 0. The fraction of sp³-hybridized carbons (Fsp3) is 0.115. The van der Waals surface area contributed by atoms with Gasteiger partial charge in [-0.05, 0) is 86.7 Å². The van der Waals surface area contributed by atoms with E-state index in [2.05, 4.69) is 133 Å². The molecule has 1 fully saturated rings. The van der Waals surface area contributed by atoms with Crippen molar-refractivity contribution >= 4 is 0 Å². The molecule has 56 heavy (non-hydrogen) atoms. The normalized spacial score (nSPS) is 13.8. The molecule has 7 aromatic carbocycles. The van der Waals surface area contributed by atoms with Crippen LogP contribution in [0.2, 0.25) is 0 Å². The summed E-state index contributed by atoms with van der Waals surface area (Å²) >= 11 is 0. The van der Waals surface area contributed by atoms with Crippen molar-refractivity contribution in [3.8, 4) is 84.7 Å². The third kappa shape index (κ3) is 5.99. The van der Waals surface area contributed by atoms with Crippen LogP contribution in [0.25, 0.3) is 78.7 Å². The fourth-order valence-electron chi connectivity index (χ4n) is 8.90. The van der Waals surface area contributed by atoms with Crippen molar-refractivity contribution in [1.29, 1.82) is 5.26 Å². The van der Waals surface area contributed by atoms with Gasteiger partial charge in [-0.15, -0.1) is 0 Å². The van der Waals surface area contributed by atoms with Crippen LogP contribution in [0.3, 0.4) is 0 Å². The third-order valence-electron chi connectivity index (χ3n) is 11.8. The molecule has 0 atom stereocenters. The summed E-state index contributed by atoms with van der Waals surface area (Å²) in [4.78, 5) is 14.9. The highest BCUT2D eigenvalue weighted by atomic mass is 15.0. The van der Waals surface area contributed by atoms with Gasteiger partial charge < -0.3 is 0 Å². The second kappa shape index (κ2) is 14.0. The number of aromatic nitrogens is 3. The first-order valence-electron chi connectivity index (χ1n) is 19.5. The molecule has 0 unspecified atom stereocenters. The van der Waals surface area contributed by atoms with Crippen LogP contribution in [-0.2, 0) is 5.41 Å². The molecule has 4 heteroatoms. The number of rotatable bonds is 6. The molecule has 1 saturated carbocycles. The lowest BCUT2D eigenvalue weighted by Gasteiger charge is -2.36. The number of hydrogen-bond donors (Lipinski definition) is 0. The SMILES string of the molecule is N#Cc1ccc2c(c1)C1(CCCCC1)c1cc(-c3ccc(-c4ccc(-c5nc(-c6ccccc6)nc(-c6ccc(-c7ccccc7)cc6)n5)cc4)cc3)ccc1-2. The summed E-state index contributed by atoms with van der Waals surface area (Å²) in [5, 5.41) is 9.71. The number of hydrogen-bond acceptors (Lipinski definition) is 4. The Morgan fingerprint density at radius 1 is 0.375 bits per heavy atom. The van der Waals surface area contributed by atoms with Crippen molar-refractivity contribution in [2.24, 2.45) is 0 Å². The molecule has 1 aromatic heterocycles. The molecule has 8 aromatic rings. The van der Waals surface area contributed by atoms with E-state index in [1.165, 1.54) is 58.2 Å². The van der Waals surface area contributed by atoms with Crippen LogP contribution >= 0.6 is 0 Å². The molecule has 1 spiro atoms. The maximum absolute atomic E-state index is 9.71. The van der Waals surface area contributed by atoms with Gasteiger partial charge >= 0.3 is 0 Å². The van der Waals surface area contributed by atoms with E-state index in [0.29, 0.717) is 17.5 Å². The van der Waals surface area contributed by atoms with E-state index in [9.17, 15) is 5.26 Å². The van der Waals surface area contributed by atoms with Gasteiger partial charge in [0, 0.05) is 22.1 Å². The van der Waals surface area contributed by atoms with Crippen LogP contribution in [0.5, 0.6) is 0 Å². The maximum Gasteiger partial charge on any atom is 0.164 e. The Hall–Kier alpha value is -6.96. The van der Waals surface area contributed by atoms with Gasteiger partial charge in [-0.3, -0.25) is 0 Å². The summed E-state index contributed by atoms with van der Waals surface area (Å²) < 4.78 is 0. The second-order valence-electron chi connectivity index (χ2n) is 15.0. The van der Waals surface area contributed by atoms with E-state index in [-0.39, 0.29) is 5.41 Å². The highest BCUT2D eigenvalue weighted by Crippen LogP contribution is 2.56. The number of fused-ring (bicyclic) bond motifs is 5. The summed E-state index contributed by atoms with van der Waals surface area (Å²) in [5.41, 5.74) is 16.0. The minimum absolute atomic E-state index is 0.00161. The van der Waals surface area contributed by atoms with Gasteiger partial charge in [0.2, 0.25) is 0 Å². The number of benzene rings is 7. The minimum Gasteiger partial charge on any atom is -0.208 e. The lowest BCUT2D eigenvalue weighted by Crippen LogP contribution is -2.28. The Bertz CT molecular complexity index is 2740. The molecule has 2 aliphatic carbocycles. The van der Waals surface area contributed by atoms with Crippen molar-refractivity contribution in [2.75, 3.05) is 0 Å². The van der Waals surface area contributed by atoms with Crippen molar-refractivity contribution in [3.05, 3.63) is 187 Å². The van der Waals surface area contributed by atoms with E-state index in [1.807, 2.05) is 42.5 Å². The van der Waals surface area contributed by atoms with E-state index in [1.54, 1.807) is 0 Å². The Morgan fingerprint density at radius 2 is 0.750 bits per heavy atom. The number of nitriles is 1. The zero-order chi connectivity index (χ0) is 37.5. The molecule has 0 N–H and O–H groups in total. The van der Waals surface area contributed by atoms with Gasteiger partial charge in [0.05, 0.1) is 11.6 Å². The summed E-state index contributed by atoms with van der Waals surface area (Å²) in [6, 6.07) is 62.0. The Morgan fingerprint density at radius 3 is 1.25 bits per heavy atom. The summed E-state index contributed by atoms with van der Waals surface area (Å²) in [6.07, 6.45) is 6.00. The molecule has 0 aliphatic heterocycles. The smallest absolute Gasteiger partial charge is 0.164 e. The molecule has 0 amide bonds. The molecular weight excluding hydrogens is 681 g/mol. The molecule has 266 valence electrons. The Labute approximate surface area is 327 Å². The molecule has 4 nitrogen and oxygen atoms in total. The fourth-order valence-corrected chi connectivity index (χ4v) is 8.90. The highest BCUT2D eigenvalue weighted by molar-refractivity contribution is 5.85. The van der Waals surface area contributed by atoms with Crippen LogP contribution < -0.4 is 0 Å². The van der Waals surface area contributed by atoms with Gasteiger partial charge in [0.25, 0.3) is 0 Å². The largest absolute Gasteiger partial charge is 0.208 e. The van der Waals surface area contributed by atoms with E-state index in [0.717, 1.165) is 51.8 Å². The second-order valence-corrected chi connectivity index (χ2v) is 15.0. The Kier molecular flexibility index (Phi) is 8.42. The first-order valence-corrected chi connectivity index (χ1v) is 19.5. The molecule has 1 heterocycles. The number of nitrogens with zero attached hydrogens (tertiary/aromatic N) is 4. The van der Waals surface area contributed by atoms with Crippen LogP contribution in [-0.4, -0.2) is 15.0 Å². The highest BCUT2D eigenvalue weighted by Gasteiger charge is 2.44. The van der Waals surface area contributed by atoms with Crippen LogP contribution in [0.4, 0.5) is 0 Å². The lowest BCUT2D eigenvalue weighted by molar-refractivity contribution is 0.353. The van der Waals surface area contributed by atoms with E-state index in [4.69, 9.17) is 15.0 Å². The van der Waals surface area contributed by atoms with Crippen molar-refractivity contribution in [3.63, 3.8) is 0 Å². The van der Waals surface area contributed by atoms with Gasteiger partial charge in [-0.25, -0.2) is 15.0 Å². The molecular formula is C52H38N4. The standard InChI is InChI=1S/C52H38N4/c53-34-35-14-28-45-46-29-27-44(33-48(46)52(47(45)32-35)30-8-3-9-31-52)40-17-15-38(16-18-40)39-21-25-43(26-22-39)51-55-49(41-12-6-2-7-13-41)54-50(56-51)42-23-19-37(20-24-42)36-10-4-1-5-11-36/h1-2,4-7,10-29,32-33H,3,8-9,30-31H2. The molecule has 0 bridgehead atoms. The molecule has 10 rings (SSSR count). The summed E-state index contributed by atoms with van der Waals surface area (Å²) in [5.74, 6) is 1.93. The van der Waals surface area contributed by atoms with E-state index >= 15 is 0 Å². The zero-order valence-electron chi connectivity index (χ0n) is 31.0. The quantitative estimate of drug-likeness (QED) is 0.172. The van der Waals surface area contributed by atoms with Gasteiger partial charge in [0.15, 0.2) is 17.5 Å². The van der Waals surface area contributed by atoms with Crippen molar-refractivity contribution in [1.82, 2.24) is 15.0 Å². The zero-order valence-corrected chi connectivity index (χ0v) is 31.0. The van der Waals surface area contributed by atoms with Crippen LogP contribution in [0, 0.1) is 11.3 Å². The topological polar surface area (TPSA) is 62.5 Å². The first-order chi connectivity index (χ1) is 27.6. The van der Waals surface area contributed by atoms with E-state index < -0.39 is 0 Å². The average Bonchev–Trinajstić information content (AvgIpc) is 3.54. The average molecular weight is 719 g/mol. The molecule has 0 saturated heterocycles. The van der Waals surface area contributed by atoms with Crippen LogP contribution in [0.15, 0.2) is 170 Å². The predicted octanol–water partition coefficient (Wildman–Crippen LogP) is 13.0. The lowest BCUT2D eigenvalue weighted by atomic mass is 9.67. The minimum atomic E-state index is 0.00161. The van der Waals surface area contributed by atoms with Gasteiger partial charge in [-0.2, -0.15) is 5.26 Å². The van der Waals surface area contributed by atoms with Crippen molar-refractivity contribution in [2.45, 2.75) is 37.5 Å². The molecule has 2 aliphatic rings. The maximum atomic E-state index is 9.71. The van der Waals surface area contributed by atoms with Crippen LogP contribution in [0.1, 0.15) is 48.8 Å². The monoisotopic (exact) mass is 718 g/mol. The summed E-state index contributed by atoms with van der Waals surface area (Å²) in [7, 11) is 0. The van der Waals surface area contributed by atoms with Gasteiger partial charge in [-0.1, -0.05) is 171 Å². The third-order valence-corrected chi connectivity index (χ3v) is 11.8.